The molecule has 1 heterocycles. The monoisotopic (exact) mass is 438 g/mol. The molecule has 2 N–H and O–H groups in total. The van der Waals surface area contributed by atoms with Crippen LogP contribution in [0.15, 0.2) is 30.3 Å². The predicted molar refractivity (Wildman–Crippen MR) is 123 cm³/mol. The molecule has 0 amide bonds. The summed E-state index contributed by atoms with van der Waals surface area (Å²) < 4.78 is 0. The third kappa shape index (κ3) is 8.56. The van der Waals surface area contributed by atoms with Gasteiger partial charge in [0.2, 0.25) is 0 Å². The van der Waals surface area contributed by atoms with Gasteiger partial charge in [-0.1, -0.05) is 25.4 Å². The van der Waals surface area contributed by atoms with Gasteiger partial charge in [-0.25, -0.2) is 0 Å². The number of likely N-dealkylation sites (N-methyl/N-ethyl adjacent to an activating group) is 1. The summed E-state index contributed by atoms with van der Waals surface area (Å²) in [7, 11) is 1.89. The first-order chi connectivity index (χ1) is 13.7. The number of carbonyl (C=O) groups excluding carboxylic acids is 1. The number of aliphatic carboxylic acids is 1. The lowest BCUT2D eigenvalue weighted by Gasteiger charge is -2.21. The van der Waals surface area contributed by atoms with Gasteiger partial charge in [0.05, 0.1) is 11.5 Å². The number of Topliss-reactive ketones (excluding diaryl/α,β-unsaturated/α-hetero) is 1. The van der Waals surface area contributed by atoms with Crippen LogP contribution in [-0.4, -0.2) is 47.9 Å². The average molecular weight is 439 g/mol. The van der Waals surface area contributed by atoms with Crippen LogP contribution in [0.3, 0.4) is 0 Å². The van der Waals surface area contributed by atoms with E-state index >= 15 is 0 Å². The second-order valence-corrected chi connectivity index (χ2v) is 8.40. The second kappa shape index (κ2) is 12.6. The summed E-state index contributed by atoms with van der Waals surface area (Å²) in [5.74, 6) is -0.635. The molecule has 0 aliphatic carbocycles. The minimum Gasteiger partial charge on any atom is -0.480 e. The fraction of sp³-hybridized carbons (Fsp3) is 0.455. The average Bonchev–Trinajstić information content (AvgIpc) is 3.08. The van der Waals surface area contributed by atoms with Crippen LogP contribution < -0.4 is 5.32 Å². The first kappa shape index (κ1) is 25.1. The van der Waals surface area contributed by atoms with Gasteiger partial charge in [0.1, 0.15) is 0 Å². The molecule has 0 unspecified atom stereocenters. The van der Waals surface area contributed by atoms with E-state index in [4.69, 9.17) is 16.7 Å². The summed E-state index contributed by atoms with van der Waals surface area (Å²) in [5.41, 5.74) is 1.78. The third-order valence-electron chi connectivity index (χ3n) is 4.43. The maximum absolute atomic E-state index is 12.2. The molecule has 0 radical (unpaired) electrons. The van der Waals surface area contributed by atoms with E-state index in [9.17, 15) is 9.59 Å². The van der Waals surface area contributed by atoms with Crippen molar-refractivity contribution in [3.05, 3.63) is 51.4 Å². The van der Waals surface area contributed by atoms with Gasteiger partial charge in [-0.15, -0.1) is 11.3 Å². The summed E-state index contributed by atoms with van der Waals surface area (Å²) in [6.45, 7) is 9.01. The number of hydrogen-bond donors (Lipinski definition) is 2. The number of nitrogens with one attached hydrogen (secondary N) is 1. The van der Waals surface area contributed by atoms with E-state index in [2.05, 4.69) is 18.3 Å². The van der Waals surface area contributed by atoms with Crippen molar-refractivity contribution in [3.8, 4) is 0 Å². The van der Waals surface area contributed by atoms with Crippen molar-refractivity contribution >= 4 is 39.7 Å². The Morgan fingerprint density at radius 3 is 2.24 bits per heavy atom. The smallest absolute Gasteiger partial charge is 0.317 e. The minimum atomic E-state index is -0.754. The van der Waals surface area contributed by atoms with Crippen molar-refractivity contribution in [1.82, 2.24) is 4.90 Å². The van der Waals surface area contributed by atoms with Gasteiger partial charge in [-0.2, -0.15) is 0 Å². The number of anilines is 1. The Labute approximate surface area is 182 Å². The number of nitrogens with zero attached hydrogens (tertiary/aromatic N) is 1. The number of aryl methyl sites for hydroxylation is 1. The van der Waals surface area contributed by atoms with Crippen LogP contribution in [0, 0.1) is 0 Å². The highest BCUT2D eigenvalue weighted by Gasteiger charge is 2.13. The van der Waals surface area contributed by atoms with Crippen LogP contribution in [0.2, 0.25) is 5.02 Å². The Kier molecular flexibility index (Phi) is 10.9. The maximum atomic E-state index is 12.2. The van der Waals surface area contributed by atoms with Gasteiger partial charge >= 0.3 is 5.97 Å². The number of carboxylic acid groups (broad SMARTS) is 1. The molecule has 2 aromatic rings. The van der Waals surface area contributed by atoms with Crippen molar-refractivity contribution in [2.75, 3.05) is 25.5 Å². The van der Waals surface area contributed by atoms with E-state index in [0.717, 1.165) is 23.5 Å². The molecule has 29 heavy (non-hydrogen) atoms. The number of hydrogen-bond acceptors (Lipinski definition) is 5. The molecule has 0 saturated heterocycles. The first-order valence-corrected chi connectivity index (χ1v) is 10.9. The zero-order valence-electron chi connectivity index (χ0n) is 17.8. The molecule has 1 aromatic carbocycles. The largest absolute Gasteiger partial charge is 0.480 e. The van der Waals surface area contributed by atoms with Crippen LogP contribution in [0.1, 0.15) is 48.5 Å². The summed E-state index contributed by atoms with van der Waals surface area (Å²) in [6.07, 6.45) is 1.42. The van der Waals surface area contributed by atoms with E-state index in [1.165, 1.54) is 4.88 Å². The van der Waals surface area contributed by atoms with Crippen LogP contribution in [0.5, 0.6) is 0 Å². The maximum Gasteiger partial charge on any atom is 0.317 e. The van der Waals surface area contributed by atoms with Gasteiger partial charge in [0.15, 0.2) is 5.78 Å². The number of benzene rings is 1. The summed E-state index contributed by atoms with van der Waals surface area (Å²) in [5, 5.41) is 13.3. The predicted octanol–water partition coefficient (Wildman–Crippen LogP) is 5.23. The fourth-order valence-electron chi connectivity index (χ4n) is 2.75. The number of carboxylic acids is 1. The topological polar surface area (TPSA) is 69.6 Å². The molecule has 7 heteroatoms. The lowest BCUT2D eigenvalue weighted by atomic mass is 10.0. The molecule has 5 nitrogen and oxygen atoms in total. The standard InChI is InChI=1S/C15H16ClNOS.C7H15NO2/c1-3-13-8-11(15(17-2)19-13)9-14(18)10-4-6-12(16)7-5-10;1-4-8(6(2)3)5-7(9)10/h4-8,17H,3,9H2,1-2H3;6H,4-5H2,1-3H3,(H,9,10). The van der Waals surface area contributed by atoms with Crippen LogP contribution in [0.4, 0.5) is 5.00 Å². The van der Waals surface area contributed by atoms with Crippen molar-refractivity contribution < 1.29 is 14.7 Å². The van der Waals surface area contributed by atoms with Crippen molar-refractivity contribution in [2.24, 2.45) is 0 Å². The van der Waals surface area contributed by atoms with Gasteiger partial charge in [0, 0.05) is 35.0 Å². The molecule has 160 valence electrons. The molecule has 0 atom stereocenters. The summed E-state index contributed by atoms with van der Waals surface area (Å²) in [4.78, 5) is 25.6. The number of ketones is 1. The molecule has 0 aliphatic rings. The Hall–Kier alpha value is -1.89. The van der Waals surface area contributed by atoms with Crippen molar-refractivity contribution in [2.45, 2.75) is 46.6 Å². The molecule has 0 saturated carbocycles. The van der Waals surface area contributed by atoms with Crippen LogP contribution >= 0.6 is 22.9 Å². The number of rotatable bonds is 9. The molecule has 2 rings (SSSR count). The van der Waals surface area contributed by atoms with Gasteiger partial charge in [-0.3, -0.25) is 14.5 Å². The molecule has 0 bridgehead atoms. The van der Waals surface area contributed by atoms with Gasteiger partial charge in [-0.05, 0) is 62.7 Å². The molecule has 1 aromatic heterocycles. The molecular weight excluding hydrogens is 408 g/mol. The molecule has 0 spiro atoms. The van der Waals surface area contributed by atoms with Crippen molar-refractivity contribution in [1.29, 1.82) is 0 Å². The lowest BCUT2D eigenvalue weighted by molar-refractivity contribution is -0.138. The molecule has 0 aliphatic heterocycles. The van der Waals surface area contributed by atoms with E-state index in [-0.39, 0.29) is 12.3 Å². The molecular formula is C22H31ClN2O3S. The zero-order chi connectivity index (χ0) is 22.0. The van der Waals surface area contributed by atoms with Gasteiger partial charge in [0.25, 0.3) is 0 Å². The van der Waals surface area contributed by atoms with E-state index in [1.54, 1.807) is 35.6 Å². The Balaban J connectivity index is 0.000000359. The Morgan fingerprint density at radius 1 is 1.21 bits per heavy atom. The third-order valence-corrected chi connectivity index (χ3v) is 6.02. The SMILES string of the molecule is CCN(CC(=O)O)C(C)C.CCc1cc(CC(=O)c2ccc(Cl)cc2)c(NC)s1. The summed E-state index contributed by atoms with van der Waals surface area (Å²) in [6, 6.07) is 9.48. The molecule has 0 fully saturated rings. The quantitative estimate of drug-likeness (QED) is 0.524. The number of thiophene rings is 1. The Bertz CT molecular complexity index is 788. The van der Waals surface area contributed by atoms with Gasteiger partial charge < -0.3 is 10.4 Å². The highest BCUT2D eigenvalue weighted by molar-refractivity contribution is 7.16. The highest BCUT2D eigenvalue weighted by Crippen LogP contribution is 2.29. The second-order valence-electron chi connectivity index (χ2n) is 6.83. The van der Waals surface area contributed by atoms with E-state index in [1.807, 2.05) is 32.7 Å². The normalized spacial score (nSPS) is 10.6. The lowest BCUT2D eigenvalue weighted by Crippen LogP contribution is -2.35. The van der Waals surface area contributed by atoms with Crippen molar-refractivity contribution in [3.63, 3.8) is 0 Å². The zero-order valence-corrected chi connectivity index (χ0v) is 19.4. The summed E-state index contributed by atoms with van der Waals surface area (Å²) >= 11 is 7.54. The first-order valence-electron chi connectivity index (χ1n) is 9.75. The van der Waals surface area contributed by atoms with E-state index < -0.39 is 5.97 Å². The van der Waals surface area contributed by atoms with Crippen LogP contribution in [-0.2, 0) is 17.6 Å². The fourth-order valence-corrected chi connectivity index (χ4v) is 3.85. The Morgan fingerprint density at radius 2 is 1.83 bits per heavy atom. The van der Waals surface area contributed by atoms with E-state index in [0.29, 0.717) is 23.0 Å². The number of halogens is 1. The number of carbonyl (C=O) groups is 2. The minimum absolute atomic E-state index is 0.119. The van der Waals surface area contributed by atoms with Crippen LogP contribution in [0.25, 0.3) is 0 Å². The highest BCUT2D eigenvalue weighted by atomic mass is 35.5.